The fourth-order valence-electron chi connectivity index (χ4n) is 4.67. The molecule has 3 atom stereocenters. The average Bonchev–Trinajstić information content (AvgIpc) is 3.09. The number of halogens is 2. The molecule has 0 fully saturated rings. The zero-order chi connectivity index (χ0) is 32.6. The van der Waals surface area contributed by atoms with Crippen molar-refractivity contribution in [2.45, 2.75) is 57.6 Å². The highest BCUT2D eigenvalue weighted by atomic mass is 19.3. The van der Waals surface area contributed by atoms with Gasteiger partial charge in [0.25, 0.3) is 0 Å². The van der Waals surface area contributed by atoms with E-state index in [-0.39, 0.29) is 39.6 Å². The molecule has 7 nitrogen and oxygen atoms in total. The fourth-order valence-corrected chi connectivity index (χ4v) is 4.67. The first kappa shape index (κ1) is 34.6. The van der Waals surface area contributed by atoms with Gasteiger partial charge in [-0.2, -0.15) is 8.78 Å². The normalized spacial score (nSPS) is 13.5. The van der Waals surface area contributed by atoms with Crippen molar-refractivity contribution in [3.8, 4) is 0 Å². The van der Waals surface area contributed by atoms with Gasteiger partial charge in [0, 0.05) is 0 Å². The molecule has 4 aromatic carbocycles. The minimum absolute atomic E-state index is 0.0359. The van der Waals surface area contributed by atoms with Crippen LogP contribution < -0.4 is 0 Å². The third kappa shape index (κ3) is 10.4. The SMILES string of the molecule is CCOC(=O)C(=O)C(F)(F)[C@@H](OCc1ccccc1)[C@@H](OCc1ccccc1)[C@H](COCc1ccccc1)OCc1ccccc1. The minimum atomic E-state index is -4.35. The second-order valence-corrected chi connectivity index (χ2v) is 10.5. The first-order valence-electron chi connectivity index (χ1n) is 15.1. The summed E-state index contributed by atoms with van der Waals surface area (Å²) < 4.78 is 61.5. The number of benzene rings is 4. The van der Waals surface area contributed by atoms with Crippen molar-refractivity contribution in [3.63, 3.8) is 0 Å². The molecule has 0 heterocycles. The van der Waals surface area contributed by atoms with Crippen LogP contribution >= 0.6 is 0 Å². The van der Waals surface area contributed by atoms with Gasteiger partial charge < -0.3 is 23.7 Å². The summed E-state index contributed by atoms with van der Waals surface area (Å²) in [4.78, 5) is 25.3. The summed E-state index contributed by atoms with van der Waals surface area (Å²) in [5.41, 5.74) is 2.93. The highest BCUT2D eigenvalue weighted by molar-refractivity contribution is 6.36. The topological polar surface area (TPSA) is 80.3 Å². The molecule has 0 N–H and O–H groups in total. The van der Waals surface area contributed by atoms with Crippen molar-refractivity contribution >= 4 is 11.8 Å². The summed E-state index contributed by atoms with van der Waals surface area (Å²) >= 11 is 0. The molecule has 0 aliphatic carbocycles. The van der Waals surface area contributed by atoms with Gasteiger partial charge >= 0.3 is 17.7 Å². The van der Waals surface area contributed by atoms with Crippen LogP contribution in [0.2, 0.25) is 0 Å². The van der Waals surface area contributed by atoms with Crippen LogP contribution in [0.5, 0.6) is 0 Å². The smallest absolute Gasteiger partial charge is 0.381 e. The maximum atomic E-state index is 16.3. The van der Waals surface area contributed by atoms with Crippen LogP contribution in [0.1, 0.15) is 29.2 Å². The Kier molecular flexibility index (Phi) is 13.5. The third-order valence-electron chi connectivity index (χ3n) is 7.04. The quantitative estimate of drug-likeness (QED) is 0.0838. The summed E-state index contributed by atoms with van der Waals surface area (Å²) in [5.74, 6) is -8.05. The van der Waals surface area contributed by atoms with E-state index < -0.39 is 36.0 Å². The molecular formula is C37H38F2O7. The largest absolute Gasteiger partial charge is 0.460 e. The van der Waals surface area contributed by atoms with Crippen LogP contribution in [-0.2, 0) is 59.7 Å². The van der Waals surface area contributed by atoms with Crippen molar-refractivity contribution < 1.29 is 42.1 Å². The average molecular weight is 633 g/mol. The number of Topliss-reactive ketones (excluding diaryl/α,β-unsaturated/α-hetero) is 1. The monoisotopic (exact) mass is 632 g/mol. The number of esters is 1. The van der Waals surface area contributed by atoms with Crippen molar-refractivity contribution in [1.82, 2.24) is 0 Å². The molecule has 0 bridgehead atoms. The number of hydrogen-bond donors (Lipinski definition) is 0. The lowest BCUT2D eigenvalue weighted by Gasteiger charge is -2.36. The number of alkyl halides is 2. The second-order valence-electron chi connectivity index (χ2n) is 10.5. The van der Waals surface area contributed by atoms with E-state index in [1.807, 2.05) is 66.7 Å². The minimum Gasteiger partial charge on any atom is -0.460 e. The Morgan fingerprint density at radius 1 is 0.609 bits per heavy atom. The molecule has 4 aromatic rings. The van der Waals surface area contributed by atoms with Crippen molar-refractivity contribution in [2.75, 3.05) is 13.2 Å². The van der Waals surface area contributed by atoms with Crippen LogP contribution in [0.15, 0.2) is 121 Å². The lowest BCUT2D eigenvalue weighted by molar-refractivity contribution is -0.228. The Morgan fingerprint density at radius 2 is 1.02 bits per heavy atom. The lowest BCUT2D eigenvalue weighted by Crippen LogP contribution is -2.57. The van der Waals surface area contributed by atoms with Crippen molar-refractivity contribution in [1.29, 1.82) is 0 Å². The van der Waals surface area contributed by atoms with Crippen LogP contribution in [0.3, 0.4) is 0 Å². The molecule has 242 valence electrons. The zero-order valence-electron chi connectivity index (χ0n) is 25.6. The molecule has 0 aromatic heterocycles. The highest BCUT2D eigenvalue weighted by Gasteiger charge is 2.57. The van der Waals surface area contributed by atoms with E-state index in [1.54, 1.807) is 54.6 Å². The first-order chi connectivity index (χ1) is 22.4. The van der Waals surface area contributed by atoms with Gasteiger partial charge in [0.15, 0.2) is 6.10 Å². The lowest BCUT2D eigenvalue weighted by atomic mass is 9.98. The molecular weight excluding hydrogens is 594 g/mol. The molecule has 0 aliphatic heterocycles. The summed E-state index contributed by atoms with van der Waals surface area (Å²) in [6.07, 6.45) is -4.99. The highest BCUT2D eigenvalue weighted by Crippen LogP contribution is 2.32. The number of carbonyl (C=O) groups excluding carboxylic acids is 2. The van der Waals surface area contributed by atoms with Crippen LogP contribution in [-0.4, -0.2) is 49.2 Å². The Morgan fingerprint density at radius 3 is 1.48 bits per heavy atom. The van der Waals surface area contributed by atoms with E-state index in [2.05, 4.69) is 4.74 Å². The molecule has 46 heavy (non-hydrogen) atoms. The van der Waals surface area contributed by atoms with Crippen molar-refractivity contribution in [3.05, 3.63) is 144 Å². The van der Waals surface area contributed by atoms with E-state index in [4.69, 9.17) is 18.9 Å². The van der Waals surface area contributed by atoms with Gasteiger partial charge in [-0.15, -0.1) is 0 Å². The van der Waals surface area contributed by atoms with E-state index in [0.717, 1.165) is 11.1 Å². The van der Waals surface area contributed by atoms with Gasteiger partial charge in [-0.1, -0.05) is 121 Å². The maximum Gasteiger partial charge on any atom is 0.381 e. The fraction of sp³-hybridized carbons (Fsp3) is 0.297. The standard InChI is InChI=1S/C37H38F2O7/c1-2-43-36(41)34(40)37(38,39)35(46-26-31-21-13-6-14-22-31)33(45-25-30-19-11-5-12-20-30)32(44-24-29-17-9-4-10-18-29)27-42-23-28-15-7-3-8-16-28/h3-22,32-33,35H,2,23-27H2,1H3/t32-,33-,35-/m0/s1. The number of ketones is 1. The Hall–Kier alpha value is -4.28. The van der Waals surface area contributed by atoms with E-state index >= 15 is 8.78 Å². The van der Waals surface area contributed by atoms with Crippen LogP contribution in [0.25, 0.3) is 0 Å². The summed E-state index contributed by atoms with van der Waals surface area (Å²) in [5, 5.41) is 0. The van der Waals surface area contributed by atoms with Gasteiger partial charge in [-0.3, -0.25) is 4.79 Å². The molecule has 0 radical (unpaired) electrons. The molecule has 0 saturated carbocycles. The van der Waals surface area contributed by atoms with Gasteiger partial charge in [0.05, 0.1) is 39.6 Å². The number of hydrogen-bond acceptors (Lipinski definition) is 7. The Bertz CT molecular complexity index is 1450. The number of carbonyl (C=O) groups is 2. The summed E-state index contributed by atoms with van der Waals surface area (Å²) in [6.45, 7) is 0.800. The molecule has 9 heteroatoms. The predicted octanol–water partition coefficient (Wildman–Crippen LogP) is 6.73. The van der Waals surface area contributed by atoms with E-state index in [9.17, 15) is 9.59 Å². The Balaban J connectivity index is 1.71. The molecule has 0 spiro atoms. The maximum absolute atomic E-state index is 16.3. The summed E-state index contributed by atoms with van der Waals surface area (Å²) in [7, 11) is 0. The Labute approximate surface area is 268 Å². The van der Waals surface area contributed by atoms with Crippen LogP contribution in [0.4, 0.5) is 8.78 Å². The van der Waals surface area contributed by atoms with Gasteiger partial charge in [0.1, 0.15) is 12.2 Å². The second kappa shape index (κ2) is 18.0. The zero-order valence-corrected chi connectivity index (χ0v) is 25.6. The predicted molar refractivity (Wildman–Crippen MR) is 168 cm³/mol. The molecule has 4 rings (SSSR count). The molecule has 0 unspecified atom stereocenters. The van der Waals surface area contributed by atoms with E-state index in [1.165, 1.54) is 6.92 Å². The van der Waals surface area contributed by atoms with Crippen LogP contribution in [0, 0.1) is 0 Å². The number of ether oxygens (including phenoxy) is 5. The molecule has 0 aliphatic rings. The molecule has 0 amide bonds. The van der Waals surface area contributed by atoms with E-state index in [0.29, 0.717) is 11.1 Å². The van der Waals surface area contributed by atoms with Gasteiger partial charge in [0.2, 0.25) is 0 Å². The van der Waals surface area contributed by atoms with Crippen molar-refractivity contribution in [2.24, 2.45) is 0 Å². The molecule has 0 saturated heterocycles. The number of rotatable bonds is 19. The van der Waals surface area contributed by atoms with Gasteiger partial charge in [-0.05, 0) is 29.2 Å². The first-order valence-corrected chi connectivity index (χ1v) is 15.1. The van der Waals surface area contributed by atoms with Gasteiger partial charge in [-0.25, -0.2) is 4.79 Å². The third-order valence-corrected chi connectivity index (χ3v) is 7.04. The summed E-state index contributed by atoms with van der Waals surface area (Å²) in [6, 6.07) is 36.2.